The van der Waals surface area contributed by atoms with Crippen LogP contribution in [0.5, 0.6) is 0 Å². The molecule has 3 aliphatic heterocycles. The van der Waals surface area contributed by atoms with Gasteiger partial charge in [0.1, 0.15) is 11.7 Å². The van der Waals surface area contributed by atoms with Gasteiger partial charge in [-0.05, 0) is 64.1 Å². The van der Waals surface area contributed by atoms with Gasteiger partial charge in [0.15, 0.2) is 6.04 Å². The zero-order valence-electron chi connectivity index (χ0n) is 15.0. The maximum Gasteiger partial charge on any atom is 0.408 e. The first-order valence-corrected chi connectivity index (χ1v) is 9.65. The van der Waals surface area contributed by atoms with Crippen molar-refractivity contribution in [1.29, 1.82) is 0 Å². The first-order valence-electron chi connectivity index (χ1n) is 8.77. The molecule has 0 aliphatic carbocycles. The number of ether oxygens (including phenoxy) is 2. The monoisotopic (exact) mass is 366 g/mol. The van der Waals surface area contributed by atoms with E-state index >= 15 is 0 Å². The number of piperidine rings is 3. The summed E-state index contributed by atoms with van der Waals surface area (Å²) in [4.78, 5) is 28.0. The number of nitrogens with one attached hydrogen (secondary N) is 1. The first-order chi connectivity index (χ1) is 11.8. The van der Waals surface area contributed by atoms with E-state index < -0.39 is 23.7 Å². The maximum atomic E-state index is 12.8. The van der Waals surface area contributed by atoms with Gasteiger partial charge in [0.25, 0.3) is 0 Å². The standard InChI is InChI=1S/C18H26N2O4S/c1-18(2,3)24-17(22)19-15(14-5-4-10-25-14)16(21)23-13-11-20-8-6-12(13)7-9-20/h4-5,10,12-13,15H,6-9,11H2,1-3H3,(H,19,22). The Morgan fingerprint density at radius 2 is 2.04 bits per heavy atom. The highest BCUT2D eigenvalue weighted by atomic mass is 32.1. The molecule has 0 spiro atoms. The predicted molar refractivity (Wildman–Crippen MR) is 95.5 cm³/mol. The third kappa shape index (κ3) is 4.73. The van der Waals surface area contributed by atoms with Crippen LogP contribution < -0.4 is 5.32 Å². The molecule has 3 fully saturated rings. The Morgan fingerprint density at radius 3 is 2.56 bits per heavy atom. The summed E-state index contributed by atoms with van der Waals surface area (Å²) in [6.07, 6.45) is 1.44. The number of hydrogen-bond donors (Lipinski definition) is 1. The van der Waals surface area contributed by atoms with Gasteiger partial charge in [-0.3, -0.25) is 4.90 Å². The number of alkyl carbamates (subject to hydrolysis) is 1. The van der Waals surface area contributed by atoms with Crippen LogP contribution in [0.4, 0.5) is 4.79 Å². The quantitative estimate of drug-likeness (QED) is 0.830. The minimum atomic E-state index is -0.828. The average Bonchev–Trinajstić information content (AvgIpc) is 3.06. The number of esters is 1. The Morgan fingerprint density at radius 1 is 1.32 bits per heavy atom. The predicted octanol–water partition coefficient (Wildman–Crippen LogP) is 2.95. The fourth-order valence-electron chi connectivity index (χ4n) is 3.39. The molecule has 3 saturated heterocycles. The molecule has 1 N–H and O–H groups in total. The number of nitrogens with zero attached hydrogens (tertiary/aromatic N) is 1. The summed E-state index contributed by atoms with van der Waals surface area (Å²) in [5.74, 6) is 0.0199. The molecule has 1 aromatic heterocycles. The van der Waals surface area contributed by atoms with E-state index in [0.717, 1.165) is 37.4 Å². The number of carbonyl (C=O) groups is 2. The number of amides is 1. The van der Waals surface area contributed by atoms with Crippen molar-refractivity contribution < 1.29 is 19.1 Å². The molecule has 3 aliphatic rings. The van der Waals surface area contributed by atoms with E-state index in [9.17, 15) is 9.59 Å². The van der Waals surface area contributed by atoms with Crippen molar-refractivity contribution in [2.45, 2.75) is 51.4 Å². The topological polar surface area (TPSA) is 67.9 Å². The second-order valence-corrected chi connectivity index (χ2v) is 8.69. The van der Waals surface area contributed by atoms with E-state index in [1.165, 1.54) is 11.3 Å². The summed E-state index contributed by atoms with van der Waals surface area (Å²) in [6, 6.07) is 2.85. The minimum Gasteiger partial charge on any atom is -0.459 e. The number of rotatable bonds is 4. The van der Waals surface area contributed by atoms with Crippen LogP contribution in [0.3, 0.4) is 0 Å². The SMILES string of the molecule is CC(C)(C)OC(=O)NC(C(=O)OC1CN2CCC1CC2)c1cccs1. The van der Waals surface area contributed by atoms with Gasteiger partial charge >= 0.3 is 12.1 Å². The van der Waals surface area contributed by atoms with Gasteiger partial charge in [-0.1, -0.05) is 6.07 Å². The van der Waals surface area contributed by atoms with Gasteiger partial charge in [0.05, 0.1) is 0 Å². The fraction of sp³-hybridized carbons (Fsp3) is 0.667. The van der Waals surface area contributed by atoms with Crippen molar-refractivity contribution >= 4 is 23.4 Å². The molecular formula is C18H26N2O4S. The van der Waals surface area contributed by atoms with E-state index in [-0.39, 0.29) is 6.10 Å². The van der Waals surface area contributed by atoms with Crippen molar-refractivity contribution in [2.24, 2.45) is 5.92 Å². The molecule has 25 heavy (non-hydrogen) atoms. The molecule has 138 valence electrons. The van der Waals surface area contributed by atoms with Crippen LogP contribution in [0.25, 0.3) is 0 Å². The summed E-state index contributed by atoms with van der Waals surface area (Å²) in [5.41, 5.74) is -0.621. The molecule has 1 aromatic rings. The van der Waals surface area contributed by atoms with E-state index in [0.29, 0.717) is 5.92 Å². The maximum absolute atomic E-state index is 12.8. The van der Waals surface area contributed by atoms with Crippen LogP contribution in [-0.2, 0) is 14.3 Å². The third-order valence-electron chi connectivity index (χ3n) is 4.59. The minimum absolute atomic E-state index is 0.0853. The molecule has 2 bridgehead atoms. The largest absolute Gasteiger partial charge is 0.459 e. The second-order valence-electron chi connectivity index (χ2n) is 7.71. The third-order valence-corrected chi connectivity index (χ3v) is 5.53. The van der Waals surface area contributed by atoms with Gasteiger partial charge in [0.2, 0.25) is 0 Å². The highest BCUT2D eigenvalue weighted by molar-refractivity contribution is 7.10. The van der Waals surface area contributed by atoms with E-state index in [4.69, 9.17) is 9.47 Å². The summed E-state index contributed by atoms with van der Waals surface area (Å²) >= 11 is 1.42. The Bertz CT molecular complexity index is 603. The normalized spacial score (nSPS) is 26.8. The van der Waals surface area contributed by atoms with E-state index in [1.54, 1.807) is 20.8 Å². The smallest absolute Gasteiger partial charge is 0.408 e. The lowest BCUT2D eigenvalue weighted by molar-refractivity contribution is -0.161. The molecule has 2 atom stereocenters. The Labute approximate surface area is 152 Å². The summed E-state index contributed by atoms with van der Waals surface area (Å²) < 4.78 is 11.1. The van der Waals surface area contributed by atoms with Gasteiger partial charge in [-0.15, -0.1) is 11.3 Å². The Balaban J connectivity index is 1.67. The summed E-state index contributed by atoms with van der Waals surface area (Å²) in [5, 5.41) is 4.55. The van der Waals surface area contributed by atoms with Crippen LogP contribution in [0.15, 0.2) is 17.5 Å². The first kappa shape index (κ1) is 18.2. The summed E-state index contributed by atoms with van der Waals surface area (Å²) in [7, 11) is 0. The average molecular weight is 366 g/mol. The number of carbonyl (C=O) groups excluding carboxylic acids is 2. The Kier molecular flexibility index (Phi) is 5.34. The second kappa shape index (κ2) is 7.33. The molecule has 6 nitrogen and oxygen atoms in total. The van der Waals surface area contributed by atoms with Crippen LogP contribution in [-0.4, -0.2) is 48.3 Å². The number of fused-ring (bicyclic) bond motifs is 3. The Hall–Kier alpha value is -1.60. The molecule has 0 saturated carbocycles. The zero-order valence-corrected chi connectivity index (χ0v) is 15.8. The molecule has 0 radical (unpaired) electrons. The number of hydrogen-bond acceptors (Lipinski definition) is 6. The van der Waals surface area contributed by atoms with Crippen molar-refractivity contribution in [3.8, 4) is 0 Å². The lowest BCUT2D eigenvalue weighted by atomic mass is 9.86. The summed E-state index contributed by atoms with van der Waals surface area (Å²) in [6.45, 7) is 8.33. The molecule has 1 amide bonds. The molecule has 2 unspecified atom stereocenters. The van der Waals surface area contributed by atoms with Crippen LogP contribution in [0, 0.1) is 5.92 Å². The lowest BCUT2D eigenvalue weighted by Crippen LogP contribution is -2.52. The van der Waals surface area contributed by atoms with E-state index in [1.807, 2.05) is 17.5 Å². The van der Waals surface area contributed by atoms with Gasteiger partial charge in [-0.2, -0.15) is 0 Å². The van der Waals surface area contributed by atoms with E-state index in [2.05, 4.69) is 10.2 Å². The van der Waals surface area contributed by atoms with Crippen LogP contribution in [0.2, 0.25) is 0 Å². The van der Waals surface area contributed by atoms with Gasteiger partial charge in [0, 0.05) is 11.4 Å². The molecule has 4 rings (SSSR count). The molecule has 4 heterocycles. The molecule has 0 aromatic carbocycles. The van der Waals surface area contributed by atoms with Crippen LogP contribution in [0.1, 0.15) is 44.5 Å². The van der Waals surface area contributed by atoms with Crippen LogP contribution >= 0.6 is 11.3 Å². The van der Waals surface area contributed by atoms with Gasteiger partial charge in [-0.25, -0.2) is 9.59 Å². The fourth-order valence-corrected chi connectivity index (χ4v) is 4.15. The molecule has 7 heteroatoms. The van der Waals surface area contributed by atoms with Crippen molar-refractivity contribution in [1.82, 2.24) is 10.2 Å². The van der Waals surface area contributed by atoms with Crippen molar-refractivity contribution in [2.75, 3.05) is 19.6 Å². The van der Waals surface area contributed by atoms with Crippen molar-refractivity contribution in [3.05, 3.63) is 22.4 Å². The lowest BCUT2D eigenvalue weighted by Gasteiger charge is -2.44. The van der Waals surface area contributed by atoms with Crippen molar-refractivity contribution in [3.63, 3.8) is 0 Å². The highest BCUT2D eigenvalue weighted by Crippen LogP contribution is 2.31. The molecular weight excluding hydrogens is 340 g/mol. The highest BCUT2D eigenvalue weighted by Gasteiger charge is 2.38. The zero-order chi connectivity index (χ0) is 18.0. The number of thiophene rings is 1. The van der Waals surface area contributed by atoms with Gasteiger partial charge < -0.3 is 14.8 Å².